The van der Waals surface area contributed by atoms with Crippen LogP contribution in [0.15, 0.2) is 30.6 Å². The first kappa shape index (κ1) is 13.9. The fraction of sp³-hybridized carbons (Fsp3) is 0.286. The van der Waals surface area contributed by atoms with Crippen molar-refractivity contribution in [3.8, 4) is 17.4 Å². The fourth-order valence-corrected chi connectivity index (χ4v) is 1.71. The number of nitrogens with zero attached hydrogens (tertiary/aromatic N) is 2. The van der Waals surface area contributed by atoms with Crippen LogP contribution in [0.1, 0.15) is 12.5 Å². The number of aromatic nitrogens is 2. The summed E-state index contributed by atoms with van der Waals surface area (Å²) in [6, 6.07) is 5.33. The first-order valence-electron chi connectivity index (χ1n) is 6.28. The average molecular weight is 275 g/mol. The number of benzene rings is 1. The SMILES string of the molecule is CCOc1cncc(NCc2cccc(OC)c2O)n1. The number of phenolic OH excluding ortho intramolecular Hbond substituents is 1. The maximum atomic E-state index is 9.98. The highest BCUT2D eigenvalue weighted by atomic mass is 16.5. The van der Waals surface area contributed by atoms with E-state index < -0.39 is 0 Å². The molecule has 0 amide bonds. The number of aromatic hydroxyl groups is 1. The van der Waals surface area contributed by atoms with Gasteiger partial charge < -0.3 is 19.9 Å². The number of hydrogen-bond acceptors (Lipinski definition) is 6. The van der Waals surface area contributed by atoms with E-state index in [0.29, 0.717) is 36.2 Å². The molecule has 2 rings (SSSR count). The zero-order valence-electron chi connectivity index (χ0n) is 11.5. The zero-order valence-corrected chi connectivity index (χ0v) is 11.5. The number of anilines is 1. The van der Waals surface area contributed by atoms with Crippen molar-refractivity contribution in [2.24, 2.45) is 0 Å². The van der Waals surface area contributed by atoms with Crippen molar-refractivity contribution < 1.29 is 14.6 Å². The Morgan fingerprint density at radius 3 is 2.90 bits per heavy atom. The van der Waals surface area contributed by atoms with Crippen LogP contribution in [0.3, 0.4) is 0 Å². The number of nitrogens with one attached hydrogen (secondary N) is 1. The van der Waals surface area contributed by atoms with Crippen LogP contribution in [0, 0.1) is 0 Å². The lowest BCUT2D eigenvalue weighted by Gasteiger charge is -2.10. The topological polar surface area (TPSA) is 76.5 Å². The van der Waals surface area contributed by atoms with Crippen molar-refractivity contribution in [2.75, 3.05) is 19.0 Å². The summed E-state index contributed by atoms with van der Waals surface area (Å²) in [6.07, 6.45) is 3.15. The van der Waals surface area contributed by atoms with E-state index in [1.807, 2.05) is 19.1 Å². The standard InChI is InChI=1S/C14H17N3O3/c1-3-20-13-9-15-8-12(17-13)16-7-10-5-4-6-11(19-2)14(10)18/h4-6,8-9,18H,3,7H2,1-2H3,(H,16,17). The molecule has 1 heterocycles. The molecule has 0 aliphatic heterocycles. The summed E-state index contributed by atoms with van der Waals surface area (Å²) in [4.78, 5) is 8.28. The Hall–Kier alpha value is -2.50. The van der Waals surface area contributed by atoms with Crippen molar-refractivity contribution in [2.45, 2.75) is 13.5 Å². The highest BCUT2D eigenvalue weighted by Crippen LogP contribution is 2.29. The average Bonchev–Trinajstić information content (AvgIpc) is 2.47. The number of phenols is 1. The predicted octanol–water partition coefficient (Wildman–Crippen LogP) is 2.20. The van der Waals surface area contributed by atoms with Gasteiger partial charge in [-0.1, -0.05) is 12.1 Å². The summed E-state index contributed by atoms with van der Waals surface area (Å²) < 4.78 is 10.3. The smallest absolute Gasteiger partial charge is 0.234 e. The second-order valence-corrected chi connectivity index (χ2v) is 4.00. The van der Waals surface area contributed by atoms with Crippen LogP contribution < -0.4 is 14.8 Å². The Kier molecular flexibility index (Phi) is 4.60. The molecule has 6 heteroatoms. The van der Waals surface area contributed by atoms with Crippen LogP contribution in [-0.4, -0.2) is 28.8 Å². The van der Waals surface area contributed by atoms with Gasteiger partial charge in [-0.15, -0.1) is 0 Å². The van der Waals surface area contributed by atoms with Crippen molar-refractivity contribution >= 4 is 5.82 Å². The molecule has 2 N–H and O–H groups in total. The molecule has 20 heavy (non-hydrogen) atoms. The van der Waals surface area contributed by atoms with Gasteiger partial charge in [-0.25, -0.2) is 0 Å². The minimum atomic E-state index is 0.122. The summed E-state index contributed by atoms with van der Waals surface area (Å²) in [6.45, 7) is 2.83. The normalized spacial score (nSPS) is 10.1. The number of hydrogen-bond donors (Lipinski definition) is 2. The van der Waals surface area contributed by atoms with Gasteiger partial charge in [0.15, 0.2) is 11.5 Å². The summed E-state index contributed by atoms with van der Waals surface area (Å²) in [5.41, 5.74) is 0.716. The molecule has 0 radical (unpaired) electrons. The fourth-order valence-electron chi connectivity index (χ4n) is 1.71. The highest BCUT2D eigenvalue weighted by molar-refractivity contribution is 5.47. The minimum absolute atomic E-state index is 0.122. The number of rotatable bonds is 6. The van der Waals surface area contributed by atoms with Crippen LogP contribution in [-0.2, 0) is 6.54 Å². The number of para-hydroxylation sites is 1. The Balaban J connectivity index is 2.07. The van der Waals surface area contributed by atoms with Gasteiger partial charge in [0, 0.05) is 12.1 Å². The van der Waals surface area contributed by atoms with E-state index in [1.165, 1.54) is 7.11 Å². The third kappa shape index (κ3) is 3.28. The first-order chi connectivity index (χ1) is 9.74. The molecule has 1 aromatic carbocycles. The Morgan fingerprint density at radius 1 is 1.30 bits per heavy atom. The van der Waals surface area contributed by atoms with Crippen molar-refractivity contribution in [1.82, 2.24) is 9.97 Å². The van der Waals surface area contributed by atoms with Gasteiger partial charge in [-0.2, -0.15) is 4.98 Å². The quantitative estimate of drug-likeness (QED) is 0.841. The Bertz CT molecular complexity index is 575. The van der Waals surface area contributed by atoms with E-state index in [4.69, 9.17) is 9.47 Å². The minimum Gasteiger partial charge on any atom is -0.504 e. The van der Waals surface area contributed by atoms with Gasteiger partial charge in [-0.3, -0.25) is 4.98 Å². The van der Waals surface area contributed by atoms with Crippen LogP contribution >= 0.6 is 0 Å². The molecule has 0 spiro atoms. The predicted molar refractivity (Wildman–Crippen MR) is 75.2 cm³/mol. The van der Waals surface area contributed by atoms with Crippen LogP contribution in [0.5, 0.6) is 17.4 Å². The van der Waals surface area contributed by atoms with Crippen molar-refractivity contribution in [3.05, 3.63) is 36.2 Å². The molecule has 6 nitrogen and oxygen atoms in total. The molecule has 0 aliphatic carbocycles. The van der Waals surface area contributed by atoms with Crippen LogP contribution in [0.4, 0.5) is 5.82 Å². The van der Waals surface area contributed by atoms with E-state index in [9.17, 15) is 5.11 Å². The maximum absolute atomic E-state index is 9.98. The molecule has 0 fully saturated rings. The molecule has 106 valence electrons. The molecule has 0 bridgehead atoms. The van der Waals surface area contributed by atoms with Gasteiger partial charge in [0.05, 0.1) is 26.1 Å². The van der Waals surface area contributed by atoms with E-state index in [1.54, 1.807) is 18.5 Å². The molecule has 0 saturated carbocycles. The number of ether oxygens (including phenoxy) is 2. The van der Waals surface area contributed by atoms with Gasteiger partial charge in [0.25, 0.3) is 0 Å². The molecule has 0 saturated heterocycles. The van der Waals surface area contributed by atoms with E-state index in [0.717, 1.165) is 0 Å². The second-order valence-electron chi connectivity index (χ2n) is 4.00. The molecule has 0 aliphatic rings. The first-order valence-corrected chi connectivity index (χ1v) is 6.28. The third-order valence-electron chi connectivity index (χ3n) is 2.67. The van der Waals surface area contributed by atoms with E-state index in [-0.39, 0.29) is 5.75 Å². The highest BCUT2D eigenvalue weighted by Gasteiger charge is 2.07. The second kappa shape index (κ2) is 6.60. The summed E-state index contributed by atoms with van der Waals surface area (Å²) in [5.74, 6) is 1.61. The van der Waals surface area contributed by atoms with Gasteiger partial charge in [0.2, 0.25) is 5.88 Å². The molecule has 2 aromatic rings. The van der Waals surface area contributed by atoms with E-state index in [2.05, 4.69) is 15.3 Å². The van der Waals surface area contributed by atoms with Crippen molar-refractivity contribution in [1.29, 1.82) is 0 Å². The van der Waals surface area contributed by atoms with Crippen molar-refractivity contribution in [3.63, 3.8) is 0 Å². The lowest BCUT2D eigenvalue weighted by atomic mass is 10.2. The summed E-state index contributed by atoms with van der Waals surface area (Å²) in [5, 5.41) is 13.1. The largest absolute Gasteiger partial charge is 0.504 e. The molecule has 0 atom stereocenters. The van der Waals surface area contributed by atoms with E-state index >= 15 is 0 Å². The van der Waals surface area contributed by atoms with Crippen LogP contribution in [0.2, 0.25) is 0 Å². The zero-order chi connectivity index (χ0) is 14.4. The third-order valence-corrected chi connectivity index (χ3v) is 2.67. The maximum Gasteiger partial charge on any atom is 0.234 e. The molecule has 1 aromatic heterocycles. The lowest BCUT2D eigenvalue weighted by molar-refractivity contribution is 0.325. The summed E-state index contributed by atoms with van der Waals surface area (Å²) >= 11 is 0. The Morgan fingerprint density at radius 2 is 2.15 bits per heavy atom. The summed E-state index contributed by atoms with van der Waals surface area (Å²) in [7, 11) is 1.52. The molecule has 0 unspecified atom stereocenters. The number of methoxy groups -OCH3 is 1. The van der Waals surface area contributed by atoms with Gasteiger partial charge in [-0.05, 0) is 13.0 Å². The van der Waals surface area contributed by atoms with Crippen LogP contribution in [0.25, 0.3) is 0 Å². The lowest BCUT2D eigenvalue weighted by Crippen LogP contribution is -2.04. The monoisotopic (exact) mass is 275 g/mol. The molecular weight excluding hydrogens is 258 g/mol. The van der Waals surface area contributed by atoms with Gasteiger partial charge in [0.1, 0.15) is 5.82 Å². The van der Waals surface area contributed by atoms with Gasteiger partial charge >= 0.3 is 0 Å². The Labute approximate surface area is 117 Å². The molecular formula is C14H17N3O3.